The second-order valence-electron chi connectivity index (χ2n) is 8.23. The van der Waals surface area contributed by atoms with Crippen LogP contribution in [0, 0.1) is 15.5 Å². The standard InChI is InChI=1S/C19H25N7O4/c1-12-16(19(2,3)4)25(18(27)28)10-9-24(12)15-6-5-13(26(29)30)17(23-15)22-14-7-8-20-11-21-14/h5-8,11-12,16H,9-10H2,1-4H3,(H,27,28)(H,20,21,22,23)/t12-,16?/m0/s1. The number of piperazine rings is 1. The Labute approximate surface area is 173 Å². The minimum Gasteiger partial charge on any atom is -0.465 e. The lowest BCUT2D eigenvalue weighted by Crippen LogP contribution is -2.64. The number of rotatable bonds is 4. The zero-order valence-electron chi connectivity index (χ0n) is 17.3. The monoisotopic (exact) mass is 415 g/mol. The van der Waals surface area contributed by atoms with Crippen molar-refractivity contribution in [3.63, 3.8) is 0 Å². The van der Waals surface area contributed by atoms with Gasteiger partial charge in [-0.3, -0.25) is 10.1 Å². The highest BCUT2D eigenvalue weighted by Crippen LogP contribution is 2.35. The van der Waals surface area contributed by atoms with Gasteiger partial charge < -0.3 is 20.2 Å². The molecule has 0 aromatic carbocycles. The van der Waals surface area contributed by atoms with Gasteiger partial charge in [-0.2, -0.15) is 0 Å². The molecular weight excluding hydrogens is 390 g/mol. The van der Waals surface area contributed by atoms with Crippen molar-refractivity contribution >= 4 is 29.2 Å². The molecule has 1 saturated heterocycles. The number of nitrogens with zero attached hydrogens (tertiary/aromatic N) is 6. The Kier molecular flexibility index (Phi) is 5.72. The summed E-state index contributed by atoms with van der Waals surface area (Å²) in [6, 6.07) is 4.11. The first-order valence-electron chi connectivity index (χ1n) is 9.54. The number of aromatic nitrogens is 3. The van der Waals surface area contributed by atoms with E-state index in [4.69, 9.17) is 0 Å². The van der Waals surface area contributed by atoms with Crippen LogP contribution in [0.25, 0.3) is 0 Å². The van der Waals surface area contributed by atoms with E-state index in [0.29, 0.717) is 24.7 Å². The Morgan fingerprint density at radius 2 is 2.03 bits per heavy atom. The second kappa shape index (κ2) is 8.09. The summed E-state index contributed by atoms with van der Waals surface area (Å²) in [6.45, 7) is 8.69. The Hall–Kier alpha value is -3.50. The normalized spacial score (nSPS) is 19.5. The van der Waals surface area contributed by atoms with Gasteiger partial charge >= 0.3 is 11.8 Å². The summed E-state index contributed by atoms with van der Waals surface area (Å²) in [6.07, 6.45) is 1.90. The van der Waals surface area contributed by atoms with E-state index in [2.05, 4.69) is 20.3 Å². The molecule has 1 aliphatic rings. The molecule has 0 spiro atoms. The summed E-state index contributed by atoms with van der Waals surface area (Å²) in [5.41, 5.74) is -0.485. The lowest BCUT2D eigenvalue weighted by Gasteiger charge is -2.50. The van der Waals surface area contributed by atoms with E-state index in [1.807, 2.05) is 32.6 Å². The van der Waals surface area contributed by atoms with E-state index in [1.165, 1.54) is 23.5 Å². The first-order valence-corrected chi connectivity index (χ1v) is 9.54. The Morgan fingerprint density at radius 3 is 2.60 bits per heavy atom. The molecule has 1 unspecified atom stereocenters. The Bertz CT molecular complexity index is 932. The predicted octanol–water partition coefficient (Wildman–Crippen LogP) is 3.13. The summed E-state index contributed by atoms with van der Waals surface area (Å²) in [7, 11) is 0. The van der Waals surface area contributed by atoms with Crippen molar-refractivity contribution in [1.82, 2.24) is 19.9 Å². The van der Waals surface area contributed by atoms with E-state index in [1.54, 1.807) is 12.1 Å². The van der Waals surface area contributed by atoms with Crippen molar-refractivity contribution in [2.75, 3.05) is 23.3 Å². The number of carbonyl (C=O) groups is 1. The molecular formula is C19H25N7O4. The fraction of sp³-hybridized carbons (Fsp3) is 0.474. The predicted molar refractivity (Wildman–Crippen MR) is 111 cm³/mol. The number of anilines is 3. The van der Waals surface area contributed by atoms with Gasteiger partial charge in [0.1, 0.15) is 18.0 Å². The molecule has 11 heteroatoms. The van der Waals surface area contributed by atoms with Gasteiger partial charge in [0.15, 0.2) is 0 Å². The van der Waals surface area contributed by atoms with Crippen molar-refractivity contribution in [2.45, 2.75) is 39.8 Å². The molecule has 2 aromatic heterocycles. The van der Waals surface area contributed by atoms with Crippen molar-refractivity contribution in [3.05, 3.63) is 40.8 Å². The first-order chi connectivity index (χ1) is 14.1. The van der Waals surface area contributed by atoms with E-state index < -0.39 is 11.0 Å². The van der Waals surface area contributed by atoms with Crippen molar-refractivity contribution in [2.24, 2.45) is 5.41 Å². The van der Waals surface area contributed by atoms with Crippen molar-refractivity contribution in [1.29, 1.82) is 0 Å². The summed E-state index contributed by atoms with van der Waals surface area (Å²) < 4.78 is 0. The molecule has 1 amide bonds. The SMILES string of the molecule is C[C@H]1C(C(C)(C)C)N(C(=O)O)CCN1c1ccc([N+](=O)[O-])c(Nc2ccncn2)n1. The molecule has 3 heterocycles. The number of hydrogen-bond donors (Lipinski definition) is 2. The number of nitrogens with one attached hydrogen (secondary N) is 1. The van der Waals surface area contributed by atoms with Crippen LogP contribution < -0.4 is 10.2 Å². The van der Waals surface area contributed by atoms with Crippen molar-refractivity contribution in [3.8, 4) is 0 Å². The third kappa shape index (κ3) is 4.24. The highest BCUT2D eigenvalue weighted by molar-refractivity contribution is 5.68. The lowest BCUT2D eigenvalue weighted by atomic mass is 9.80. The second-order valence-corrected chi connectivity index (χ2v) is 8.23. The minimum atomic E-state index is -0.954. The van der Waals surface area contributed by atoms with Gasteiger partial charge in [0.2, 0.25) is 5.82 Å². The molecule has 0 radical (unpaired) electrons. The summed E-state index contributed by atoms with van der Waals surface area (Å²) >= 11 is 0. The van der Waals surface area contributed by atoms with E-state index >= 15 is 0 Å². The van der Waals surface area contributed by atoms with Crippen LogP contribution in [-0.4, -0.2) is 61.1 Å². The molecule has 2 N–H and O–H groups in total. The van der Waals surface area contributed by atoms with Gasteiger partial charge in [-0.05, 0) is 24.5 Å². The largest absolute Gasteiger partial charge is 0.465 e. The van der Waals surface area contributed by atoms with Crippen LogP contribution in [0.2, 0.25) is 0 Å². The number of nitro groups is 1. The van der Waals surface area contributed by atoms with Gasteiger partial charge in [-0.1, -0.05) is 20.8 Å². The minimum absolute atomic E-state index is 0.0661. The van der Waals surface area contributed by atoms with Crippen LogP contribution in [0.3, 0.4) is 0 Å². The molecule has 0 bridgehead atoms. The molecule has 2 aromatic rings. The average Bonchev–Trinajstić information content (AvgIpc) is 2.67. The van der Waals surface area contributed by atoms with E-state index in [-0.39, 0.29) is 29.0 Å². The quantitative estimate of drug-likeness (QED) is 0.569. The number of pyridine rings is 1. The molecule has 1 aliphatic heterocycles. The maximum absolute atomic E-state index is 11.8. The highest BCUT2D eigenvalue weighted by atomic mass is 16.6. The van der Waals surface area contributed by atoms with Gasteiger partial charge in [0, 0.05) is 31.4 Å². The molecule has 0 saturated carbocycles. The summed E-state index contributed by atoms with van der Waals surface area (Å²) in [5, 5.41) is 24.0. The fourth-order valence-corrected chi connectivity index (χ4v) is 4.04. The molecule has 160 valence electrons. The first kappa shape index (κ1) is 21.2. The summed E-state index contributed by atoms with van der Waals surface area (Å²) in [5.74, 6) is 0.981. The Balaban J connectivity index is 1.97. The van der Waals surface area contributed by atoms with Crippen LogP contribution in [0.5, 0.6) is 0 Å². The maximum atomic E-state index is 11.8. The number of amides is 1. The van der Waals surface area contributed by atoms with Crippen molar-refractivity contribution < 1.29 is 14.8 Å². The third-order valence-corrected chi connectivity index (χ3v) is 5.18. The number of hydrogen-bond acceptors (Lipinski definition) is 8. The molecule has 3 rings (SSSR count). The zero-order chi connectivity index (χ0) is 22.1. The van der Waals surface area contributed by atoms with Crippen LogP contribution in [-0.2, 0) is 0 Å². The molecule has 11 nitrogen and oxygen atoms in total. The van der Waals surface area contributed by atoms with Gasteiger partial charge in [0.05, 0.1) is 11.0 Å². The third-order valence-electron chi connectivity index (χ3n) is 5.18. The van der Waals surface area contributed by atoms with Crippen LogP contribution >= 0.6 is 0 Å². The molecule has 0 aliphatic carbocycles. The topological polar surface area (TPSA) is 138 Å². The zero-order valence-corrected chi connectivity index (χ0v) is 17.3. The van der Waals surface area contributed by atoms with Crippen LogP contribution in [0.15, 0.2) is 30.7 Å². The average molecular weight is 415 g/mol. The van der Waals surface area contributed by atoms with E-state index in [9.17, 15) is 20.0 Å². The molecule has 2 atom stereocenters. The molecule has 1 fully saturated rings. The number of carboxylic acid groups (broad SMARTS) is 1. The Morgan fingerprint density at radius 1 is 1.30 bits per heavy atom. The lowest BCUT2D eigenvalue weighted by molar-refractivity contribution is -0.384. The maximum Gasteiger partial charge on any atom is 0.407 e. The highest BCUT2D eigenvalue weighted by Gasteiger charge is 2.43. The molecule has 30 heavy (non-hydrogen) atoms. The van der Waals surface area contributed by atoms with E-state index in [0.717, 1.165) is 0 Å². The van der Waals surface area contributed by atoms with Crippen LogP contribution in [0.4, 0.5) is 27.9 Å². The van der Waals surface area contributed by atoms with Gasteiger partial charge in [-0.25, -0.2) is 19.7 Å². The summed E-state index contributed by atoms with van der Waals surface area (Å²) in [4.78, 5) is 38.6. The smallest absolute Gasteiger partial charge is 0.407 e. The van der Waals surface area contributed by atoms with Gasteiger partial charge in [-0.15, -0.1) is 0 Å². The fourth-order valence-electron chi connectivity index (χ4n) is 4.04. The van der Waals surface area contributed by atoms with Gasteiger partial charge in [0.25, 0.3) is 0 Å². The van der Waals surface area contributed by atoms with Crippen LogP contribution in [0.1, 0.15) is 27.7 Å².